The van der Waals surface area contributed by atoms with Crippen LogP contribution in [0.2, 0.25) is 5.02 Å². The summed E-state index contributed by atoms with van der Waals surface area (Å²) in [6.45, 7) is 6.66. The van der Waals surface area contributed by atoms with Gasteiger partial charge in [-0.05, 0) is 31.9 Å². The number of carbonyl (C=O) groups is 1. The molecule has 0 aliphatic heterocycles. The molecule has 1 N–H and O–H groups in total. The van der Waals surface area contributed by atoms with E-state index in [1.54, 1.807) is 0 Å². The van der Waals surface area contributed by atoms with E-state index in [0.717, 1.165) is 0 Å². The minimum absolute atomic E-state index is 0.110. The number of benzene rings is 1. The monoisotopic (exact) mass is 349 g/mol. The van der Waals surface area contributed by atoms with Gasteiger partial charge >= 0.3 is 0 Å². The molecule has 0 radical (unpaired) electrons. The lowest BCUT2D eigenvalue weighted by Crippen LogP contribution is -2.37. The topological polar surface area (TPSA) is 63.2 Å². The third kappa shape index (κ3) is 4.95. The average Bonchev–Trinajstić information content (AvgIpc) is 2.35. The summed E-state index contributed by atoms with van der Waals surface area (Å²) in [7, 11) is -3.49. The van der Waals surface area contributed by atoms with Crippen LogP contribution >= 0.6 is 11.6 Å². The van der Waals surface area contributed by atoms with E-state index >= 15 is 0 Å². The highest BCUT2D eigenvalue weighted by molar-refractivity contribution is 7.92. The van der Waals surface area contributed by atoms with Gasteiger partial charge < -0.3 is 5.32 Å². The van der Waals surface area contributed by atoms with E-state index in [1.165, 1.54) is 32.0 Å². The van der Waals surface area contributed by atoms with Gasteiger partial charge in [0.05, 0.1) is 11.3 Å². The number of nitrogens with one attached hydrogen (secondary N) is 1. The van der Waals surface area contributed by atoms with Crippen molar-refractivity contribution in [1.29, 1.82) is 0 Å². The zero-order valence-corrected chi connectivity index (χ0v) is 14.6. The van der Waals surface area contributed by atoms with Gasteiger partial charge in [-0.25, -0.2) is 12.8 Å². The second kappa shape index (κ2) is 7.42. The van der Waals surface area contributed by atoms with Gasteiger partial charge in [-0.2, -0.15) is 0 Å². The molecule has 0 unspecified atom stereocenters. The molecule has 7 heteroatoms. The SMILES string of the molecule is CC(C)[C@H](NC(=O)CS(=O)(=O)C(C)C)c1ccc(Cl)cc1F. The van der Waals surface area contributed by atoms with E-state index in [4.69, 9.17) is 11.6 Å². The number of rotatable bonds is 6. The van der Waals surface area contributed by atoms with E-state index < -0.39 is 38.6 Å². The van der Waals surface area contributed by atoms with E-state index in [9.17, 15) is 17.6 Å². The van der Waals surface area contributed by atoms with Crippen molar-refractivity contribution in [3.8, 4) is 0 Å². The van der Waals surface area contributed by atoms with E-state index in [-0.39, 0.29) is 16.5 Å². The van der Waals surface area contributed by atoms with Crippen LogP contribution in [-0.4, -0.2) is 25.3 Å². The molecular formula is C15H21ClFNO3S. The first-order valence-corrected chi connectivity index (χ1v) is 9.09. The summed E-state index contributed by atoms with van der Waals surface area (Å²) >= 11 is 5.72. The highest BCUT2D eigenvalue weighted by Crippen LogP contribution is 2.26. The maximum atomic E-state index is 14.0. The number of halogens is 2. The largest absolute Gasteiger partial charge is 0.348 e. The Morgan fingerprint density at radius 1 is 1.27 bits per heavy atom. The van der Waals surface area contributed by atoms with Crippen LogP contribution in [0.1, 0.15) is 39.3 Å². The van der Waals surface area contributed by atoms with Crippen molar-refractivity contribution in [2.75, 3.05) is 5.75 Å². The zero-order chi connectivity index (χ0) is 17.1. The number of hydrogen-bond acceptors (Lipinski definition) is 3. The minimum Gasteiger partial charge on any atom is -0.348 e. The molecule has 0 aliphatic carbocycles. The number of amides is 1. The lowest BCUT2D eigenvalue weighted by molar-refractivity contribution is -0.119. The van der Waals surface area contributed by atoms with Crippen LogP contribution in [0, 0.1) is 11.7 Å². The van der Waals surface area contributed by atoms with Gasteiger partial charge in [0.15, 0.2) is 9.84 Å². The van der Waals surface area contributed by atoms with E-state index in [2.05, 4.69) is 5.32 Å². The average molecular weight is 350 g/mol. The second-order valence-corrected chi connectivity index (χ2v) is 8.80. The molecule has 1 atom stereocenters. The van der Waals surface area contributed by atoms with Crippen molar-refractivity contribution in [2.45, 2.75) is 39.0 Å². The second-order valence-electron chi connectivity index (χ2n) is 5.81. The molecule has 0 saturated carbocycles. The van der Waals surface area contributed by atoms with Crippen LogP contribution < -0.4 is 5.32 Å². The van der Waals surface area contributed by atoms with Crippen LogP contribution in [0.4, 0.5) is 4.39 Å². The fourth-order valence-electron chi connectivity index (χ4n) is 1.92. The summed E-state index contributed by atoms with van der Waals surface area (Å²) in [6.07, 6.45) is 0. The molecule has 4 nitrogen and oxygen atoms in total. The molecule has 0 aromatic heterocycles. The summed E-state index contributed by atoms with van der Waals surface area (Å²) in [5.41, 5.74) is 0.287. The maximum Gasteiger partial charge on any atom is 0.235 e. The Labute approximate surface area is 136 Å². The normalized spacial score (nSPS) is 13.5. The standard InChI is InChI=1S/C15H21ClFNO3S/c1-9(2)15(12-6-5-11(16)7-13(12)17)18-14(19)8-22(20,21)10(3)4/h5-7,9-10,15H,8H2,1-4H3,(H,18,19)/t15-/m0/s1. The molecular weight excluding hydrogens is 329 g/mol. The first kappa shape index (κ1) is 18.9. The molecule has 22 heavy (non-hydrogen) atoms. The highest BCUT2D eigenvalue weighted by Gasteiger charge is 2.26. The summed E-state index contributed by atoms with van der Waals surface area (Å²) in [6, 6.07) is 3.59. The predicted octanol–water partition coefficient (Wildman–Crippen LogP) is 3.12. The highest BCUT2D eigenvalue weighted by atomic mass is 35.5. The zero-order valence-electron chi connectivity index (χ0n) is 13.1. The van der Waals surface area contributed by atoms with Crippen LogP contribution in [0.25, 0.3) is 0 Å². The van der Waals surface area contributed by atoms with Crippen molar-refractivity contribution < 1.29 is 17.6 Å². The van der Waals surface area contributed by atoms with Crippen LogP contribution in [-0.2, 0) is 14.6 Å². The van der Waals surface area contributed by atoms with Gasteiger partial charge in [-0.15, -0.1) is 0 Å². The van der Waals surface area contributed by atoms with E-state index in [0.29, 0.717) is 0 Å². The van der Waals surface area contributed by atoms with Gasteiger partial charge in [0.2, 0.25) is 5.91 Å². The van der Waals surface area contributed by atoms with Crippen molar-refractivity contribution in [3.63, 3.8) is 0 Å². The number of sulfone groups is 1. The third-order valence-electron chi connectivity index (χ3n) is 3.33. The van der Waals surface area contributed by atoms with Crippen molar-refractivity contribution >= 4 is 27.3 Å². The first-order valence-electron chi connectivity index (χ1n) is 7.00. The Morgan fingerprint density at radius 2 is 1.86 bits per heavy atom. The Kier molecular flexibility index (Phi) is 6.38. The number of hydrogen-bond donors (Lipinski definition) is 1. The molecule has 1 aromatic rings. The lowest BCUT2D eigenvalue weighted by atomic mass is 9.95. The van der Waals surface area contributed by atoms with Gasteiger partial charge in [-0.1, -0.05) is 31.5 Å². The predicted molar refractivity (Wildman–Crippen MR) is 86.1 cm³/mol. The van der Waals surface area contributed by atoms with E-state index in [1.807, 2.05) is 13.8 Å². The maximum absolute atomic E-state index is 14.0. The Hall–Kier alpha value is -1.14. The summed E-state index contributed by atoms with van der Waals surface area (Å²) in [5.74, 6) is -1.88. The summed E-state index contributed by atoms with van der Waals surface area (Å²) in [5, 5.41) is 2.23. The Morgan fingerprint density at radius 3 is 2.32 bits per heavy atom. The van der Waals surface area contributed by atoms with Gasteiger partial charge in [0.25, 0.3) is 0 Å². The number of carbonyl (C=O) groups excluding carboxylic acids is 1. The molecule has 0 saturated heterocycles. The smallest absolute Gasteiger partial charge is 0.235 e. The van der Waals surface area contributed by atoms with Crippen LogP contribution in [0.5, 0.6) is 0 Å². The van der Waals surface area contributed by atoms with Crippen molar-refractivity contribution in [2.24, 2.45) is 5.92 Å². The first-order chi connectivity index (χ1) is 10.0. The summed E-state index contributed by atoms with van der Waals surface area (Å²) < 4.78 is 37.6. The molecule has 124 valence electrons. The molecule has 0 heterocycles. The van der Waals surface area contributed by atoms with Crippen LogP contribution in [0.15, 0.2) is 18.2 Å². The molecule has 0 fully saturated rings. The molecule has 1 rings (SSSR count). The quantitative estimate of drug-likeness (QED) is 0.858. The fourth-order valence-corrected chi connectivity index (χ4v) is 2.86. The van der Waals surface area contributed by atoms with Crippen LogP contribution in [0.3, 0.4) is 0 Å². The molecule has 1 aromatic carbocycles. The van der Waals surface area contributed by atoms with Crippen molar-refractivity contribution in [3.05, 3.63) is 34.6 Å². The lowest BCUT2D eigenvalue weighted by Gasteiger charge is -2.23. The van der Waals surface area contributed by atoms with Gasteiger partial charge in [0, 0.05) is 10.6 Å². The Balaban J connectivity index is 2.97. The van der Waals surface area contributed by atoms with Gasteiger partial charge in [-0.3, -0.25) is 4.79 Å². The molecule has 0 spiro atoms. The summed E-state index contributed by atoms with van der Waals surface area (Å²) in [4.78, 5) is 12.0. The molecule has 0 bridgehead atoms. The van der Waals surface area contributed by atoms with Crippen molar-refractivity contribution in [1.82, 2.24) is 5.32 Å². The Bertz CT molecular complexity index is 644. The molecule has 1 amide bonds. The van der Waals surface area contributed by atoms with Gasteiger partial charge in [0.1, 0.15) is 11.6 Å². The third-order valence-corrected chi connectivity index (χ3v) is 5.67. The fraction of sp³-hybridized carbons (Fsp3) is 0.533. The molecule has 0 aliphatic rings. The minimum atomic E-state index is -3.49.